The predicted molar refractivity (Wildman–Crippen MR) is 93.6 cm³/mol. The van der Waals surface area contributed by atoms with E-state index in [2.05, 4.69) is 62.0 Å². The van der Waals surface area contributed by atoms with Crippen LogP contribution in [-0.2, 0) is 4.79 Å². The molecule has 0 bridgehead atoms. The van der Waals surface area contributed by atoms with Crippen molar-refractivity contribution in [3.8, 4) is 0 Å². The summed E-state index contributed by atoms with van der Waals surface area (Å²) in [6, 6.07) is 8.65. The Kier molecular flexibility index (Phi) is 5.69. The molecule has 0 saturated carbocycles. The number of piperazine rings is 1. The number of carbonyl (C=O) groups excluding carboxylic acids is 1. The molecule has 4 nitrogen and oxygen atoms in total. The highest BCUT2D eigenvalue weighted by atomic mass is 16.2. The Morgan fingerprint density at radius 1 is 1.05 bits per heavy atom. The van der Waals surface area contributed by atoms with Crippen molar-refractivity contribution in [1.82, 2.24) is 4.90 Å². The van der Waals surface area contributed by atoms with E-state index in [0.29, 0.717) is 5.91 Å². The summed E-state index contributed by atoms with van der Waals surface area (Å²) in [5.74, 6) is 0.540. The molecule has 0 atom stereocenters. The quantitative estimate of drug-likeness (QED) is 0.837. The minimum Gasteiger partial charge on any atom is -0.378 e. The van der Waals surface area contributed by atoms with Crippen molar-refractivity contribution in [2.24, 2.45) is 5.92 Å². The first-order chi connectivity index (χ1) is 10.6. The first kappa shape index (κ1) is 16.7. The van der Waals surface area contributed by atoms with Gasteiger partial charge in [0.25, 0.3) is 0 Å². The van der Waals surface area contributed by atoms with Crippen LogP contribution in [0.1, 0.15) is 26.7 Å². The normalized spacial score (nSPS) is 15.3. The first-order valence-electron chi connectivity index (χ1n) is 8.38. The summed E-state index contributed by atoms with van der Waals surface area (Å²) in [5, 5.41) is 0. The van der Waals surface area contributed by atoms with Gasteiger partial charge in [-0.1, -0.05) is 13.8 Å². The van der Waals surface area contributed by atoms with E-state index < -0.39 is 0 Å². The molecule has 22 heavy (non-hydrogen) atoms. The Bertz CT molecular complexity index is 472. The van der Waals surface area contributed by atoms with E-state index >= 15 is 0 Å². The van der Waals surface area contributed by atoms with Gasteiger partial charge in [0.15, 0.2) is 0 Å². The molecule has 1 aromatic rings. The van der Waals surface area contributed by atoms with E-state index in [1.54, 1.807) is 0 Å². The summed E-state index contributed by atoms with van der Waals surface area (Å²) < 4.78 is 0. The minimum absolute atomic E-state index is 0.200. The van der Waals surface area contributed by atoms with Gasteiger partial charge >= 0.3 is 0 Å². The molecule has 1 fully saturated rings. The molecule has 1 amide bonds. The Balaban J connectivity index is 1.93. The third kappa shape index (κ3) is 3.73. The van der Waals surface area contributed by atoms with Crippen LogP contribution >= 0.6 is 0 Å². The standard InChI is InChI=1S/C18H29N3O/c1-5-15(6-2)18(22)21-13-11-20(12-14-21)17-9-7-16(8-10-17)19(3)4/h7-10,15H,5-6,11-14H2,1-4H3. The molecule has 0 aliphatic carbocycles. The van der Waals surface area contributed by atoms with Crippen molar-refractivity contribution >= 4 is 17.3 Å². The van der Waals surface area contributed by atoms with Crippen LogP contribution in [0.2, 0.25) is 0 Å². The lowest BCUT2D eigenvalue weighted by molar-refractivity contribution is -0.136. The van der Waals surface area contributed by atoms with Gasteiger partial charge in [0, 0.05) is 57.6 Å². The van der Waals surface area contributed by atoms with Crippen LogP contribution in [0.15, 0.2) is 24.3 Å². The van der Waals surface area contributed by atoms with E-state index in [4.69, 9.17) is 0 Å². The second-order valence-electron chi connectivity index (χ2n) is 6.24. The van der Waals surface area contributed by atoms with E-state index in [1.165, 1.54) is 11.4 Å². The van der Waals surface area contributed by atoms with Gasteiger partial charge in [-0.25, -0.2) is 0 Å². The molecule has 1 aliphatic heterocycles. The molecule has 122 valence electrons. The molecule has 1 aromatic carbocycles. The van der Waals surface area contributed by atoms with Crippen molar-refractivity contribution in [2.75, 3.05) is 50.1 Å². The second kappa shape index (κ2) is 7.52. The number of amides is 1. The zero-order valence-electron chi connectivity index (χ0n) is 14.4. The Labute approximate surface area is 134 Å². The predicted octanol–water partition coefficient (Wildman–Crippen LogP) is 2.84. The number of nitrogens with zero attached hydrogens (tertiary/aromatic N) is 3. The van der Waals surface area contributed by atoms with Crippen molar-refractivity contribution in [3.63, 3.8) is 0 Å². The molecule has 0 spiro atoms. The van der Waals surface area contributed by atoms with Crippen molar-refractivity contribution in [1.29, 1.82) is 0 Å². The number of hydrogen-bond acceptors (Lipinski definition) is 3. The van der Waals surface area contributed by atoms with Crippen LogP contribution in [0.25, 0.3) is 0 Å². The second-order valence-corrected chi connectivity index (χ2v) is 6.24. The summed E-state index contributed by atoms with van der Waals surface area (Å²) >= 11 is 0. The van der Waals surface area contributed by atoms with Gasteiger partial charge in [-0.05, 0) is 37.1 Å². The van der Waals surface area contributed by atoms with Crippen LogP contribution < -0.4 is 9.80 Å². The number of anilines is 2. The zero-order valence-corrected chi connectivity index (χ0v) is 14.4. The molecule has 1 aliphatic rings. The lowest BCUT2D eigenvalue weighted by atomic mass is 10.0. The third-order valence-electron chi connectivity index (χ3n) is 4.66. The maximum atomic E-state index is 12.4. The number of carbonyl (C=O) groups is 1. The molecule has 1 saturated heterocycles. The Hall–Kier alpha value is -1.71. The average Bonchev–Trinajstić information content (AvgIpc) is 2.56. The highest BCUT2D eigenvalue weighted by Crippen LogP contribution is 2.21. The lowest BCUT2D eigenvalue weighted by Crippen LogP contribution is -2.50. The van der Waals surface area contributed by atoms with E-state index in [1.807, 2.05) is 4.90 Å². The summed E-state index contributed by atoms with van der Waals surface area (Å²) in [5.41, 5.74) is 2.46. The van der Waals surface area contributed by atoms with Crippen molar-refractivity contribution < 1.29 is 4.79 Å². The van der Waals surface area contributed by atoms with Gasteiger partial charge in [0.05, 0.1) is 0 Å². The van der Waals surface area contributed by atoms with Gasteiger partial charge in [0.2, 0.25) is 5.91 Å². The molecule has 2 rings (SSSR count). The van der Waals surface area contributed by atoms with Gasteiger partial charge < -0.3 is 14.7 Å². The van der Waals surface area contributed by atoms with Gasteiger partial charge in [-0.3, -0.25) is 4.79 Å². The largest absolute Gasteiger partial charge is 0.378 e. The maximum Gasteiger partial charge on any atom is 0.225 e. The first-order valence-corrected chi connectivity index (χ1v) is 8.38. The highest BCUT2D eigenvalue weighted by molar-refractivity contribution is 5.79. The van der Waals surface area contributed by atoms with E-state index in [9.17, 15) is 4.79 Å². The lowest BCUT2D eigenvalue weighted by Gasteiger charge is -2.37. The topological polar surface area (TPSA) is 26.8 Å². The molecule has 0 radical (unpaired) electrons. The monoisotopic (exact) mass is 303 g/mol. The summed E-state index contributed by atoms with van der Waals surface area (Å²) in [6.45, 7) is 7.74. The summed E-state index contributed by atoms with van der Waals surface area (Å²) in [4.78, 5) is 18.9. The van der Waals surface area contributed by atoms with Crippen molar-refractivity contribution in [3.05, 3.63) is 24.3 Å². The number of hydrogen-bond donors (Lipinski definition) is 0. The SMILES string of the molecule is CCC(CC)C(=O)N1CCN(c2ccc(N(C)C)cc2)CC1. The average molecular weight is 303 g/mol. The molecule has 1 heterocycles. The van der Waals surface area contributed by atoms with Crippen LogP contribution in [0.5, 0.6) is 0 Å². The van der Waals surface area contributed by atoms with Crippen molar-refractivity contribution in [2.45, 2.75) is 26.7 Å². The fraction of sp³-hybridized carbons (Fsp3) is 0.611. The fourth-order valence-corrected chi connectivity index (χ4v) is 3.04. The third-order valence-corrected chi connectivity index (χ3v) is 4.66. The van der Waals surface area contributed by atoms with Crippen LogP contribution in [0, 0.1) is 5.92 Å². The molecular weight excluding hydrogens is 274 g/mol. The van der Waals surface area contributed by atoms with Crippen LogP contribution in [0.3, 0.4) is 0 Å². The minimum atomic E-state index is 0.200. The Morgan fingerprint density at radius 2 is 1.59 bits per heavy atom. The van der Waals surface area contributed by atoms with Gasteiger partial charge in [-0.15, -0.1) is 0 Å². The molecule has 0 aromatic heterocycles. The molecule has 0 N–H and O–H groups in total. The zero-order chi connectivity index (χ0) is 16.1. The summed E-state index contributed by atoms with van der Waals surface area (Å²) in [7, 11) is 4.11. The highest BCUT2D eigenvalue weighted by Gasteiger charge is 2.25. The van der Waals surface area contributed by atoms with E-state index in [-0.39, 0.29) is 5.92 Å². The van der Waals surface area contributed by atoms with Crippen LogP contribution in [-0.4, -0.2) is 51.1 Å². The van der Waals surface area contributed by atoms with Crippen LogP contribution in [0.4, 0.5) is 11.4 Å². The Morgan fingerprint density at radius 3 is 2.05 bits per heavy atom. The summed E-state index contributed by atoms with van der Waals surface area (Å²) in [6.07, 6.45) is 1.89. The van der Waals surface area contributed by atoms with Gasteiger partial charge in [-0.2, -0.15) is 0 Å². The number of rotatable bonds is 5. The molecule has 4 heteroatoms. The molecule has 0 unspecified atom stereocenters. The number of benzene rings is 1. The fourth-order valence-electron chi connectivity index (χ4n) is 3.04. The smallest absolute Gasteiger partial charge is 0.225 e. The van der Waals surface area contributed by atoms with E-state index in [0.717, 1.165) is 39.0 Å². The maximum absolute atomic E-state index is 12.4. The van der Waals surface area contributed by atoms with Gasteiger partial charge in [0.1, 0.15) is 0 Å². The molecular formula is C18H29N3O.